The second-order valence-corrected chi connectivity index (χ2v) is 10.7. The van der Waals surface area contributed by atoms with Crippen molar-refractivity contribution in [1.82, 2.24) is 0 Å². The fraction of sp³-hybridized carbons (Fsp3) is 0.333. The highest BCUT2D eigenvalue weighted by atomic mass is 32.2. The van der Waals surface area contributed by atoms with E-state index in [4.69, 9.17) is 4.74 Å². The van der Waals surface area contributed by atoms with Gasteiger partial charge in [0.1, 0.15) is 5.75 Å². The number of hydrogen-bond acceptors (Lipinski definition) is 3. The Kier molecular flexibility index (Phi) is 7.11. The number of benzene rings is 3. The highest BCUT2D eigenvalue weighted by Gasteiger charge is 2.23. The summed E-state index contributed by atoms with van der Waals surface area (Å²) in [6.07, 6.45) is 1.43. The molecule has 0 bridgehead atoms. The van der Waals surface area contributed by atoms with Crippen molar-refractivity contribution in [3.63, 3.8) is 0 Å². The van der Waals surface area contributed by atoms with Crippen molar-refractivity contribution in [2.45, 2.75) is 56.8 Å². The average Bonchev–Trinajstić information content (AvgIpc) is 2.74. The lowest BCUT2D eigenvalue weighted by atomic mass is 9.80. The molecule has 3 rings (SSSR count). The molecule has 4 nitrogen and oxygen atoms in total. The van der Waals surface area contributed by atoms with Gasteiger partial charge in [0.05, 0.1) is 12.0 Å². The summed E-state index contributed by atoms with van der Waals surface area (Å²) in [6, 6.07) is 21.5. The van der Waals surface area contributed by atoms with Gasteiger partial charge in [-0.2, -0.15) is 8.42 Å². The van der Waals surface area contributed by atoms with Crippen molar-refractivity contribution in [2.24, 2.45) is 0 Å². The molecule has 3 aromatic carbocycles. The van der Waals surface area contributed by atoms with Crippen molar-refractivity contribution in [3.8, 4) is 5.75 Å². The molecule has 0 fully saturated rings. The van der Waals surface area contributed by atoms with Crippen LogP contribution in [-0.4, -0.2) is 20.1 Å². The van der Waals surface area contributed by atoms with Gasteiger partial charge in [-0.25, -0.2) is 0 Å². The zero-order valence-electron chi connectivity index (χ0n) is 19.4. The lowest BCUT2D eigenvalue weighted by Crippen LogP contribution is -2.13. The van der Waals surface area contributed by atoms with E-state index in [-0.39, 0.29) is 16.2 Å². The Morgan fingerprint density at radius 1 is 0.969 bits per heavy atom. The largest absolute Gasteiger partial charge is 0.496 e. The predicted molar refractivity (Wildman–Crippen MR) is 129 cm³/mol. The predicted octanol–water partition coefficient (Wildman–Crippen LogP) is 6.31. The molecule has 32 heavy (non-hydrogen) atoms. The first-order valence-electron chi connectivity index (χ1n) is 10.8. The Balaban J connectivity index is 2.05. The molecule has 3 aromatic rings. The Morgan fingerprint density at radius 2 is 1.66 bits per heavy atom. The molecule has 1 N–H and O–H groups in total. The fourth-order valence-corrected chi connectivity index (χ4v) is 4.57. The molecule has 5 heteroatoms. The van der Waals surface area contributed by atoms with E-state index in [0.29, 0.717) is 6.42 Å². The van der Waals surface area contributed by atoms with Crippen LogP contribution in [0.15, 0.2) is 71.6 Å². The number of hydrogen-bond donors (Lipinski definition) is 1. The van der Waals surface area contributed by atoms with Gasteiger partial charge in [0, 0.05) is 11.5 Å². The van der Waals surface area contributed by atoms with Gasteiger partial charge in [0.15, 0.2) is 0 Å². The number of ether oxygens (including phenoxy) is 1. The van der Waals surface area contributed by atoms with Crippen LogP contribution in [0.5, 0.6) is 5.75 Å². The van der Waals surface area contributed by atoms with Crippen molar-refractivity contribution in [1.29, 1.82) is 0 Å². The van der Waals surface area contributed by atoms with E-state index >= 15 is 0 Å². The van der Waals surface area contributed by atoms with Crippen LogP contribution in [0.3, 0.4) is 0 Å². The molecule has 0 saturated carbocycles. The standard InChI is InChI=1S/C27H32O4S/c1-19-11-14-23(32(28,29)30)17-21(19)12-15-24(20-9-7-6-8-10-20)25-18-22(27(2,3)4)13-16-26(25)31-5/h6-11,13-14,16-18,24H,12,15H2,1-5H3,(H,28,29,30). The van der Waals surface area contributed by atoms with E-state index < -0.39 is 10.1 Å². The Morgan fingerprint density at radius 3 is 2.25 bits per heavy atom. The SMILES string of the molecule is COc1ccc(C(C)(C)C)cc1C(CCc1cc(S(=O)(=O)O)ccc1C)c1ccccc1. The molecule has 0 spiro atoms. The average molecular weight is 453 g/mol. The summed E-state index contributed by atoms with van der Waals surface area (Å²) in [5, 5.41) is 0. The van der Waals surface area contributed by atoms with E-state index in [2.05, 4.69) is 45.0 Å². The smallest absolute Gasteiger partial charge is 0.294 e. The maximum atomic E-state index is 11.6. The summed E-state index contributed by atoms with van der Waals surface area (Å²) in [7, 11) is -2.55. The molecule has 0 radical (unpaired) electrons. The van der Waals surface area contributed by atoms with Crippen molar-refractivity contribution in [2.75, 3.05) is 7.11 Å². The molecular weight excluding hydrogens is 420 g/mol. The van der Waals surface area contributed by atoms with Gasteiger partial charge in [0.2, 0.25) is 0 Å². The van der Waals surface area contributed by atoms with Gasteiger partial charge in [-0.05, 0) is 65.6 Å². The fourth-order valence-electron chi connectivity index (χ4n) is 4.04. The highest BCUT2D eigenvalue weighted by molar-refractivity contribution is 7.85. The summed E-state index contributed by atoms with van der Waals surface area (Å²) in [4.78, 5) is -0.0679. The minimum atomic E-state index is -4.24. The van der Waals surface area contributed by atoms with Crippen molar-refractivity contribution >= 4 is 10.1 Å². The topological polar surface area (TPSA) is 63.6 Å². The molecule has 1 atom stereocenters. The lowest BCUT2D eigenvalue weighted by molar-refractivity contribution is 0.405. The molecule has 0 aliphatic heterocycles. The molecule has 170 valence electrons. The van der Waals surface area contributed by atoms with Gasteiger partial charge >= 0.3 is 0 Å². The second kappa shape index (κ2) is 9.47. The van der Waals surface area contributed by atoms with Crippen LogP contribution in [-0.2, 0) is 22.0 Å². The summed E-state index contributed by atoms with van der Waals surface area (Å²) < 4.78 is 38.5. The second-order valence-electron chi connectivity index (χ2n) is 9.27. The van der Waals surface area contributed by atoms with E-state index in [0.717, 1.165) is 28.9 Å². The van der Waals surface area contributed by atoms with Crippen LogP contribution >= 0.6 is 0 Å². The molecule has 0 aromatic heterocycles. The first-order chi connectivity index (χ1) is 15.0. The third-order valence-electron chi connectivity index (χ3n) is 5.99. The van der Waals surface area contributed by atoms with Crippen LogP contribution in [0.1, 0.15) is 60.9 Å². The van der Waals surface area contributed by atoms with Crippen LogP contribution in [0.2, 0.25) is 0 Å². The first kappa shape index (κ1) is 24.0. The molecule has 0 aliphatic carbocycles. The maximum Gasteiger partial charge on any atom is 0.294 e. The van der Waals surface area contributed by atoms with Crippen LogP contribution < -0.4 is 4.74 Å². The van der Waals surface area contributed by atoms with Crippen molar-refractivity contribution in [3.05, 3.63) is 94.5 Å². The third kappa shape index (κ3) is 5.59. The van der Waals surface area contributed by atoms with Gasteiger partial charge in [-0.15, -0.1) is 0 Å². The van der Waals surface area contributed by atoms with Crippen LogP contribution in [0.25, 0.3) is 0 Å². The number of rotatable bonds is 7. The molecule has 0 aliphatic rings. The monoisotopic (exact) mass is 452 g/mol. The number of methoxy groups -OCH3 is 1. The van der Waals surface area contributed by atoms with E-state index in [1.54, 1.807) is 19.2 Å². The van der Waals surface area contributed by atoms with Gasteiger partial charge < -0.3 is 4.74 Å². The number of aryl methyl sites for hydroxylation is 2. The highest BCUT2D eigenvalue weighted by Crippen LogP contribution is 2.38. The molecule has 1 unspecified atom stereocenters. The molecule has 0 saturated heterocycles. The minimum absolute atomic E-state index is 0.00264. The maximum absolute atomic E-state index is 11.6. The van der Waals surface area contributed by atoms with E-state index in [1.807, 2.05) is 31.2 Å². The third-order valence-corrected chi connectivity index (χ3v) is 6.84. The minimum Gasteiger partial charge on any atom is -0.496 e. The summed E-state index contributed by atoms with van der Waals surface area (Å²) in [6.45, 7) is 8.54. The summed E-state index contributed by atoms with van der Waals surface area (Å²) in [5.74, 6) is 0.914. The van der Waals surface area contributed by atoms with Gasteiger partial charge in [-0.1, -0.05) is 69.3 Å². The van der Waals surface area contributed by atoms with Crippen molar-refractivity contribution < 1.29 is 17.7 Å². The normalized spacial score (nSPS) is 13.1. The lowest BCUT2D eigenvalue weighted by Gasteiger charge is -2.25. The Hall–Kier alpha value is -2.63. The zero-order valence-corrected chi connectivity index (χ0v) is 20.2. The molecular formula is C27H32O4S. The Labute approximate surface area is 192 Å². The summed E-state index contributed by atoms with van der Waals surface area (Å²) in [5.41, 5.74) is 5.45. The first-order valence-corrected chi connectivity index (χ1v) is 12.2. The summed E-state index contributed by atoms with van der Waals surface area (Å²) >= 11 is 0. The van der Waals surface area contributed by atoms with Crippen LogP contribution in [0.4, 0.5) is 0 Å². The van der Waals surface area contributed by atoms with Crippen LogP contribution in [0, 0.1) is 6.92 Å². The molecule has 0 heterocycles. The zero-order chi connectivity index (χ0) is 23.5. The quantitative estimate of drug-likeness (QED) is 0.427. The van der Waals surface area contributed by atoms with E-state index in [1.165, 1.54) is 17.2 Å². The van der Waals surface area contributed by atoms with Gasteiger partial charge in [0.25, 0.3) is 10.1 Å². The molecule has 0 amide bonds. The van der Waals surface area contributed by atoms with Gasteiger partial charge in [-0.3, -0.25) is 4.55 Å². The Bertz CT molecular complexity index is 1180. The van der Waals surface area contributed by atoms with E-state index in [9.17, 15) is 13.0 Å².